The Morgan fingerprint density at radius 1 is 1.41 bits per heavy atom. The van der Waals surface area contributed by atoms with Crippen molar-refractivity contribution in [2.75, 3.05) is 5.32 Å². The molecular formula is C14H18BrNO. The Labute approximate surface area is 111 Å². The number of fused-ring (bicyclic) bond motifs is 1. The summed E-state index contributed by atoms with van der Waals surface area (Å²) < 4.78 is 0. The van der Waals surface area contributed by atoms with Crippen LogP contribution in [-0.2, 0) is 4.79 Å². The molecular weight excluding hydrogens is 278 g/mol. The van der Waals surface area contributed by atoms with Gasteiger partial charge in [0, 0.05) is 5.69 Å². The summed E-state index contributed by atoms with van der Waals surface area (Å²) in [7, 11) is 0. The van der Waals surface area contributed by atoms with Gasteiger partial charge in [0.2, 0.25) is 5.91 Å². The van der Waals surface area contributed by atoms with E-state index in [0.717, 1.165) is 12.1 Å². The average Bonchev–Trinajstić information content (AvgIpc) is 2.37. The lowest BCUT2D eigenvalue weighted by Crippen LogP contribution is -2.21. The van der Waals surface area contributed by atoms with E-state index in [2.05, 4.69) is 53.3 Å². The molecule has 3 heteroatoms. The van der Waals surface area contributed by atoms with Crippen LogP contribution in [0, 0.1) is 12.8 Å². The molecule has 1 amide bonds. The number of halogens is 1. The second-order valence-electron chi connectivity index (χ2n) is 5.13. The molecule has 1 aromatic carbocycles. The van der Waals surface area contributed by atoms with Gasteiger partial charge in [-0.15, -0.1) is 0 Å². The molecule has 2 nitrogen and oxygen atoms in total. The highest BCUT2D eigenvalue weighted by molar-refractivity contribution is 9.10. The number of anilines is 1. The van der Waals surface area contributed by atoms with Crippen LogP contribution in [-0.4, -0.2) is 10.7 Å². The third-order valence-electron chi connectivity index (χ3n) is 3.42. The van der Waals surface area contributed by atoms with Gasteiger partial charge >= 0.3 is 0 Å². The zero-order valence-corrected chi connectivity index (χ0v) is 12.0. The number of hydrogen-bond donors (Lipinski definition) is 1. The van der Waals surface area contributed by atoms with Gasteiger partial charge in [-0.2, -0.15) is 0 Å². The van der Waals surface area contributed by atoms with E-state index in [4.69, 9.17) is 0 Å². The van der Waals surface area contributed by atoms with E-state index in [1.165, 1.54) is 11.1 Å². The van der Waals surface area contributed by atoms with Crippen LogP contribution in [0.1, 0.15) is 37.3 Å². The summed E-state index contributed by atoms with van der Waals surface area (Å²) in [5.41, 5.74) is 3.43. The van der Waals surface area contributed by atoms with Gasteiger partial charge in [-0.1, -0.05) is 41.9 Å². The van der Waals surface area contributed by atoms with Gasteiger partial charge in [-0.25, -0.2) is 0 Å². The minimum absolute atomic E-state index is 0.0694. The molecule has 2 atom stereocenters. The van der Waals surface area contributed by atoms with Crippen LogP contribution in [0.3, 0.4) is 0 Å². The zero-order valence-electron chi connectivity index (χ0n) is 10.5. The molecule has 1 aliphatic heterocycles. The van der Waals surface area contributed by atoms with Crippen LogP contribution < -0.4 is 5.32 Å². The van der Waals surface area contributed by atoms with Crippen molar-refractivity contribution in [2.45, 2.75) is 37.9 Å². The van der Waals surface area contributed by atoms with Gasteiger partial charge in [-0.05, 0) is 42.4 Å². The largest absolute Gasteiger partial charge is 0.325 e. The van der Waals surface area contributed by atoms with Gasteiger partial charge in [0.1, 0.15) is 0 Å². The monoisotopic (exact) mass is 295 g/mol. The van der Waals surface area contributed by atoms with Crippen LogP contribution in [0.15, 0.2) is 18.2 Å². The molecule has 1 N–H and O–H groups in total. The maximum atomic E-state index is 11.9. The first-order chi connectivity index (χ1) is 7.99. The van der Waals surface area contributed by atoms with Crippen molar-refractivity contribution in [3.05, 3.63) is 29.3 Å². The Balaban J connectivity index is 2.49. The van der Waals surface area contributed by atoms with Crippen molar-refractivity contribution >= 4 is 27.5 Å². The fourth-order valence-electron chi connectivity index (χ4n) is 2.40. The summed E-state index contributed by atoms with van der Waals surface area (Å²) >= 11 is 3.48. The van der Waals surface area contributed by atoms with Crippen molar-refractivity contribution < 1.29 is 4.79 Å². The minimum atomic E-state index is -0.0948. The van der Waals surface area contributed by atoms with Crippen LogP contribution in [0.4, 0.5) is 5.69 Å². The Morgan fingerprint density at radius 2 is 2.12 bits per heavy atom. The lowest BCUT2D eigenvalue weighted by Gasteiger charge is -2.21. The van der Waals surface area contributed by atoms with Crippen molar-refractivity contribution in [3.63, 3.8) is 0 Å². The number of nitrogens with one attached hydrogen (secondary N) is 1. The molecule has 2 unspecified atom stereocenters. The maximum Gasteiger partial charge on any atom is 0.238 e. The van der Waals surface area contributed by atoms with Crippen LogP contribution in [0.25, 0.3) is 0 Å². The molecule has 0 radical (unpaired) electrons. The van der Waals surface area contributed by atoms with E-state index in [1.54, 1.807) is 0 Å². The summed E-state index contributed by atoms with van der Waals surface area (Å²) in [6, 6.07) is 6.34. The first-order valence-corrected chi connectivity index (χ1v) is 6.96. The fraction of sp³-hybridized carbons (Fsp3) is 0.500. The lowest BCUT2D eigenvalue weighted by atomic mass is 9.84. The smallest absolute Gasteiger partial charge is 0.238 e. The Hall–Kier alpha value is -0.830. The van der Waals surface area contributed by atoms with E-state index >= 15 is 0 Å². The third kappa shape index (κ3) is 2.54. The highest BCUT2D eigenvalue weighted by Gasteiger charge is 2.29. The summed E-state index contributed by atoms with van der Waals surface area (Å²) in [6.07, 6.45) is 0.861. The van der Waals surface area contributed by atoms with Gasteiger partial charge in [-0.3, -0.25) is 4.79 Å². The highest BCUT2D eigenvalue weighted by Crippen LogP contribution is 2.38. The topological polar surface area (TPSA) is 29.1 Å². The zero-order chi connectivity index (χ0) is 12.6. The molecule has 0 saturated carbocycles. The fourth-order valence-corrected chi connectivity index (χ4v) is 2.92. The first kappa shape index (κ1) is 12.6. The van der Waals surface area contributed by atoms with E-state index < -0.39 is 0 Å². The molecule has 1 aliphatic rings. The highest BCUT2D eigenvalue weighted by atomic mass is 79.9. The Bertz CT molecular complexity index is 442. The average molecular weight is 296 g/mol. The number of hydrogen-bond acceptors (Lipinski definition) is 1. The molecule has 17 heavy (non-hydrogen) atoms. The van der Waals surface area contributed by atoms with E-state index in [0.29, 0.717) is 11.8 Å². The summed E-state index contributed by atoms with van der Waals surface area (Å²) in [5, 5.41) is 3.01. The first-order valence-electron chi connectivity index (χ1n) is 6.04. The molecule has 0 saturated heterocycles. The Kier molecular flexibility index (Phi) is 3.57. The number of alkyl halides is 1. The SMILES string of the molecule is Cc1ccc2c(c1)NC(=O)C(Br)CC2C(C)C. The molecule has 0 spiro atoms. The van der Waals surface area contributed by atoms with Crippen molar-refractivity contribution in [1.82, 2.24) is 0 Å². The molecule has 0 aromatic heterocycles. The summed E-state index contributed by atoms with van der Waals surface area (Å²) in [6.45, 7) is 6.47. The van der Waals surface area contributed by atoms with Crippen molar-refractivity contribution in [1.29, 1.82) is 0 Å². The molecule has 0 fully saturated rings. The number of amides is 1. The molecule has 0 aliphatic carbocycles. The van der Waals surface area contributed by atoms with Gasteiger partial charge in [0.05, 0.1) is 4.83 Å². The third-order valence-corrected chi connectivity index (χ3v) is 4.21. The summed E-state index contributed by atoms with van der Waals surface area (Å²) in [5.74, 6) is 1.03. The molecule has 1 heterocycles. The van der Waals surface area contributed by atoms with Crippen molar-refractivity contribution in [3.8, 4) is 0 Å². The second-order valence-corrected chi connectivity index (χ2v) is 6.24. The predicted octanol–water partition coefficient (Wildman–Crippen LogP) is 3.84. The quantitative estimate of drug-likeness (QED) is 0.784. The standard InChI is InChI=1S/C14H18BrNO/c1-8(2)11-7-12(15)14(17)16-13-6-9(3)4-5-10(11)13/h4-6,8,11-12H,7H2,1-3H3,(H,16,17). The molecule has 0 bridgehead atoms. The summed E-state index contributed by atoms with van der Waals surface area (Å²) in [4.78, 5) is 11.8. The van der Waals surface area contributed by atoms with Gasteiger partial charge in [0.25, 0.3) is 0 Å². The molecule has 92 valence electrons. The normalized spacial score (nSPS) is 24.2. The molecule has 2 rings (SSSR count). The number of benzene rings is 1. The molecule has 1 aromatic rings. The van der Waals surface area contributed by atoms with E-state index in [-0.39, 0.29) is 10.7 Å². The lowest BCUT2D eigenvalue weighted by molar-refractivity contribution is -0.115. The number of rotatable bonds is 1. The van der Waals surface area contributed by atoms with Crippen LogP contribution in [0.5, 0.6) is 0 Å². The number of carbonyl (C=O) groups is 1. The van der Waals surface area contributed by atoms with E-state index in [9.17, 15) is 4.79 Å². The van der Waals surface area contributed by atoms with Gasteiger partial charge < -0.3 is 5.32 Å². The second kappa shape index (κ2) is 4.81. The minimum Gasteiger partial charge on any atom is -0.325 e. The van der Waals surface area contributed by atoms with Gasteiger partial charge in [0.15, 0.2) is 0 Å². The maximum absolute atomic E-state index is 11.9. The predicted molar refractivity (Wildman–Crippen MR) is 74.7 cm³/mol. The number of aryl methyl sites for hydroxylation is 1. The van der Waals surface area contributed by atoms with Crippen LogP contribution in [0.2, 0.25) is 0 Å². The Morgan fingerprint density at radius 3 is 2.76 bits per heavy atom. The number of carbonyl (C=O) groups excluding carboxylic acids is 1. The van der Waals surface area contributed by atoms with Crippen LogP contribution >= 0.6 is 15.9 Å². The van der Waals surface area contributed by atoms with Crippen molar-refractivity contribution in [2.24, 2.45) is 5.92 Å². The van der Waals surface area contributed by atoms with E-state index in [1.807, 2.05) is 6.92 Å².